The minimum Gasteiger partial charge on any atom is -0.461 e. The lowest BCUT2D eigenvalue weighted by molar-refractivity contribution is 0.0461. The minimum atomic E-state index is -0.575. The molecule has 0 bridgehead atoms. The molecule has 0 amide bonds. The van der Waals surface area contributed by atoms with Crippen LogP contribution in [-0.4, -0.2) is 31.6 Å². The van der Waals surface area contributed by atoms with Gasteiger partial charge in [0, 0.05) is 12.3 Å². The van der Waals surface area contributed by atoms with E-state index in [4.69, 9.17) is 9.15 Å². The molecule has 0 radical (unpaired) electrons. The van der Waals surface area contributed by atoms with E-state index in [1.807, 2.05) is 19.2 Å². The Kier molecular flexibility index (Phi) is 5.37. The third-order valence-corrected chi connectivity index (χ3v) is 5.10. The van der Waals surface area contributed by atoms with Crippen molar-refractivity contribution in [3.8, 4) is 11.6 Å². The zero-order valence-electron chi connectivity index (χ0n) is 16.6. The first kappa shape index (κ1) is 19.8. The largest absolute Gasteiger partial charge is 0.461 e. The number of esters is 1. The molecule has 9 heteroatoms. The van der Waals surface area contributed by atoms with Crippen LogP contribution in [0.2, 0.25) is 0 Å². The maximum atomic E-state index is 12.8. The van der Waals surface area contributed by atoms with Gasteiger partial charge in [0.05, 0.1) is 17.7 Å². The monoisotopic (exact) mass is 422 g/mol. The predicted octanol–water partition coefficient (Wildman–Crippen LogP) is 3.44. The van der Waals surface area contributed by atoms with Crippen LogP contribution in [0.5, 0.6) is 0 Å². The zero-order chi connectivity index (χ0) is 21.3. The average molecular weight is 422 g/mol. The molecular formula is C21H18N4O4S. The van der Waals surface area contributed by atoms with Gasteiger partial charge in [0.1, 0.15) is 22.8 Å². The Morgan fingerprint density at radius 2 is 2.03 bits per heavy atom. The third kappa shape index (κ3) is 3.84. The van der Waals surface area contributed by atoms with Crippen LogP contribution in [0.1, 0.15) is 27.3 Å². The molecule has 0 aromatic carbocycles. The fourth-order valence-corrected chi connectivity index (χ4v) is 3.60. The van der Waals surface area contributed by atoms with Crippen LogP contribution in [0.15, 0.2) is 57.0 Å². The highest BCUT2D eigenvalue weighted by Crippen LogP contribution is 2.26. The van der Waals surface area contributed by atoms with Gasteiger partial charge < -0.3 is 9.15 Å². The van der Waals surface area contributed by atoms with Gasteiger partial charge >= 0.3 is 5.97 Å². The molecular weight excluding hydrogens is 404 g/mol. The number of fused-ring (bicyclic) bond motifs is 1. The van der Waals surface area contributed by atoms with Crippen molar-refractivity contribution >= 4 is 23.4 Å². The van der Waals surface area contributed by atoms with Gasteiger partial charge in [-0.25, -0.2) is 19.7 Å². The van der Waals surface area contributed by atoms with Crippen molar-refractivity contribution in [2.75, 3.05) is 6.26 Å². The van der Waals surface area contributed by atoms with Gasteiger partial charge in [-0.15, -0.1) is 11.8 Å². The van der Waals surface area contributed by atoms with Crippen molar-refractivity contribution in [1.82, 2.24) is 19.4 Å². The second-order valence-electron chi connectivity index (χ2n) is 6.59. The van der Waals surface area contributed by atoms with Gasteiger partial charge in [-0.3, -0.25) is 9.20 Å². The van der Waals surface area contributed by atoms with Crippen LogP contribution in [0.3, 0.4) is 0 Å². The van der Waals surface area contributed by atoms with E-state index in [2.05, 4.69) is 15.0 Å². The van der Waals surface area contributed by atoms with Gasteiger partial charge in [-0.2, -0.15) is 0 Å². The number of hydrogen-bond acceptors (Lipinski definition) is 8. The summed E-state index contributed by atoms with van der Waals surface area (Å²) in [5, 5.41) is 0.487. The molecule has 4 aromatic heterocycles. The number of hydrogen-bond donors (Lipinski definition) is 0. The molecule has 4 heterocycles. The summed E-state index contributed by atoms with van der Waals surface area (Å²) in [7, 11) is 0. The first-order chi connectivity index (χ1) is 14.5. The molecule has 0 fully saturated rings. The highest BCUT2D eigenvalue weighted by atomic mass is 32.2. The predicted molar refractivity (Wildman–Crippen MR) is 112 cm³/mol. The summed E-state index contributed by atoms with van der Waals surface area (Å²) in [5.41, 5.74) is 2.37. The van der Waals surface area contributed by atoms with Crippen LogP contribution in [0.25, 0.3) is 17.2 Å². The van der Waals surface area contributed by atoms with E-state index in [0.717, 1.165) is 5.56 Å². The summed E-state index contributed by atoms with van der Waals surface area (Å²) in [6.07, 6.45) is 5.02. The highest BCUT2D eigenvalue weighted by molar-refractivity contribution is 7.98. The first-order valence-corrected chi connectivity index (χ1v) is 10.3. The molecule has 4 aromatic rings. The molecule has 8 nitrogen and oxygen atoms in total. The van der Waals surface area contributed by atoms with Crippen LogP contribution in [-0.2, 0) is 11.3 Å². The van der Waals surface area contributed by atoms with Crippen LogP contribution < -0.4 is 5.56 Å². The second kappa shape index (κ2) is 8.11. The minimum absolute atomic E-state index is 0.133. The fraction of sp³-hybridized carbons (Fsp3) is 0.190. The van der Waals surface area contributed by atoms with E-state index in [1.165, 1.54) is 28.5 Å². The van der Waals surface area contributed by atoms with Gasteiger partial charge in [-0.1, -0.05) is 0 Å². The Morgan fingerprint density at radius 1 is 1.20 bits per heavy atom. The lowest BCUT2D eigenvalue weighted by Gasteiger charge is -2.11. The van der Waals surface area contributed by atoms with Crippen molar-refractivity contribution in [3.63, 3.8) is 0 Å². The molecule has 0 saturated carbocycles. The van der Waals surface area contributed by atoms with E-state index < -0.39 is 5.97 Å². The summed E-state index contributed by atoms with van der Waals surface area (Å²) in [6.45, 7) is 3.50. The van der Waals surface area contributed by atoms with E-state index in [-0.39, 0.29) is 17.7 Å². The van der Waals surface area contributed by atoms with Crippen molar-refractivity contribution in [3.05, 3.63) is 75.7 Å². The molecule has 0 spiro atoms. The number of thioether (sulfide) groups is 1. The Morgan fingerprint density at radius 3 is 2.77 bits per heavy atom. The van der Waals surface area contributed by atoms with E-state index >= 15 is 0 Å². The number of ether oxygens (including phenoxy) is 1. The van der Waals surface area contributed by atoms with Crippen molar-refractivity contribution < 1.29 is 13.9 Å². The lowest BCUT2D eigenvalue weighted by atomic mass is 10.2. The van der Waals surface area contributed by atoms with E-state index in [0.29, 0.717) is 33.6 Å². The number of furan rings is 1. The maximum Gasteiger partial charge on any atom is 0.343 e. The first-order valence-electron chi connectivity index (χ1n) is 9.09. The standard InChI is InChI=1S/C21H18N4O4S/c1-12-6-7-25-16(9-12)23-14(10-17(25)26)11-29-21(27)18-13(2)22-19(24-20(18)30-3)15-5-4-8-28-15/h4-10H,11H2,1-3H3. The maximum absolute atomic E-state index is 12.8. The Bertz CT molecular complexity index is 1300. The zero-order valence-corrected chi connectivity index (χ0v) is 17.4. The number of carbonyl (C=O) groups excluding carboxylic acids is 1. The quantitative estimate of drug-likeness (QED) is 0.274. The van der Waals surface area contributed by atoms with Crippen molar-refractivity contribution in [1.29, 1.82) is 0 Å². The van der Waals surface area contributed by atoms with Gasteiger partial charge in [0.2, 0.25) is 0 Å². The van der Waals surface area contributed by atoms with E-state index in [9.17, 15) is 9.59 Å². The van der Waals surface area contributed by atoms with Crippen molar-refractivity contribution in [2.24, 2.45) is 0 Å². The average Bonchev–Trinajstić information content (AvgIpc) is 3.26. The second-order valence-corrected chi connectivity index (χ2v) is 7.38. The summed E-state index contributed by atoms with van der Waals surface area (Å²) in [5.74, 6) is 0.344. The van der Waals surface area contributed by atoms with E-state index in [1.54, 1.807) is 31.3 Å². The van der Waals surface area contributed by atoms with Crippen molar-refractivity contribution in [2.45, 2.75) is 25.5 Å². The third-order valence-electron chi connectivity index (χ3n) is 4.42. The number of nitrogens with zero attached hydrogens (tertiary/aromatic N) is 4. The highest BCUT2D eigenvalue weighted by Gasteiger charge is 2.21. The molecule has 0 aliphatic rings. The van der Waals surface area contributed by atoms with Crippen LogP contribution in [0.4, 0.5) is 0 Å². The number of rotatable bonds is 5. The fourth-order valence-electron chi connectivity index (χ4n) is 2.98. The number of carbonyl (C=O) groups is 1. The molecule has 0 atom stereocenters. The summed E-state index contributed by atoms with van der Waals surface area (Å²) in [6, 6.07) is 8.48. The lowest BCUT2D eigenvalue weighted by Crippen LogP contribution is -2.17. The Balaban J connectivity index is 1.60. The molecule has 0 N–H and O–H groups in total. The molecule has 0 aliphatic carbocycles. The van der Waals surface area contributed by atoms with Gasteiger partial charge in [0.25, 0.3) is 5.56 Å². The Labute approximate surface area is 176 Å². The molecule has 4 rings (SSSR count). The van der Waals surface area contributed by atoms with Crippen LogP contribution >= 0.6 is 11.8 Å². The topological polar surface area (TPSA) is 99.6 Å². The molecule has 0 unspecified atom stereocenters. The summed E-state index contributed by atoms with van der Waals surface area (Å²) < 4.78 is 12.2. The number of aromatic nitrogens is 4. The molecule has 152 valence electrons. The van der Waals surface area contributed by atoms with Crippen LogP contribution in [0, 0.1) is 13.8 Å². The van der Waals surface area contributed by atoms with Gasteiger partial charge in [0.15, 0.2) is 11.6 Å². The molecule has 0 aliphatic heterocycles. The number of aryl methyl sites for hydroxylation is 2. The Hall–Kier alpha value is -3.46. The summed E-state index contributed by atoms with van der Waals surface area (Å²) >= 11 is 1.31. The summed E-state index contributed by atoms with van der Waals surface area (Å²) in [4.78, 5) is 38.3. The SMILES string of the molecule is CSc1nc(-c2ccco2)nc(C)c1C(=O)OCc1cc(=O)n2ccc(C)cc2n1. The smallest absolute Gasteiger partial charge is 0.343 e. The van der Waals surface area contributed by atoms with Gasteiger partial charge in [-0.05, 0) is 49.9 Å². The number of pyridine rings is 1. The molecule has 0 saturated heterocycles. The normalized spacial score (nSPS) is 11.0. The molecule has 30 heavy (non-hydrogen) atoms.